The van der Waals surface area contributed by atoms with E-state index in [0.717, 1.165) is 37.7 Å². The summed E-state index contributed by atoms with van der Waals surface area (Å²) in [6.45, 7) is 11.3. The molecule has 4 heteroatoms. The molecule has 1 saturated carbocycles. The molecule has 0 radical (unpaired) electrons. The van der Waals surface area contributed by atoms with E-state index in [0.29, 0.717) is 30.1 Å². The summed E-state index contributed by atoms with van der Waals surface area (Å²) in [6.07, 6.45) is 9.08. The van der Waals surface area contributed by atoms with Crippen molar-refractivity contribution < 1.29 is 14.6 Å². The molecular formula is C21H31NO3. The number of amides is 1. The van der Waals surface area contributed by atoms with E-state index in [1.807, 2.05) is 0 Å². The number of fused-ring (bicyclic) bond motifs is 1. The summed E-state index contributed by atoms with van der Waals surface area (Å²) in [4.78, 5) is 10.8. The summed E-state index contributed by atoms with van der Waals surface area (Å²) in [7, 11) is 0. The minimum atomic E-state index is -0.173. The normalized spacial score (nSPS) is 42.6. The Morgan fingerprint density at radius 2 is 2.28 bits per heavy atom. The van der Waals surface area contributed by atoms with E-state index >= 15 is 0 Å². The fraction of sp³-hybridized carbons (Fsp3) is 0.667. The zero-order valence-corrected chi connectivity index (χ0v) is 15.6. The van der Waals surface area contributed by atoms with E-state index in [9.17, 15) is 9.90 Å². The fourth-order valence-electron chi connectivity index (χ4n) is 5.40. The highest BCUT2D eigenvalue weighted by Crippen LogP contribution is 2.56. The third kappa shape index (κ3) is 3.17. The van der Waals surface area contributed by atoms with Gasteiger partial charge in [0.05, 0.1) is 12.1 Å². The molecule has 0 aromatic heterocycles. The summed E-state index contributed by atoms with van der Waals surface area (Å²) in [5.74, 6) is 1.99. The van der Waals surface area contributed by atoms with Crippen LogP contribution in [0.4, 0.5) is 0 Å². The SMILES string of the molecule is C=C1OCC(NC=O)/C1=C\C[C@@H]1C(C)=CC[C@@H]2[C@@H](C)[C@H](O)CC[C@@]12C. The van der Waals surface area contributed by atoms with Gasteiger partial charge in [-0.3, -0.25) is 4.79 Å². The minimum Gasteiger partial charge on any atom is -0.491 e. The zero-order chi connectivity index (χ0) is 18.2. The maximum absolute atomic E-state index is 10.8. The Morgan fingerprint density at radius 3 is 3.00 bits per heavy atom. The lowest BCUT2D eigenvalue weighted by atomic mass is 9.52. The molecule has 1 heterocycles. The van der Waals surface area contributed by atoms with Crippen molar-refractivity contribution in [2.45, 2.75) is 58.6 Å². The van der Waals surface area contributed by atoms with Gasteiger partial charge in [0.1, 0.15) is 12.4 Å². The second kappa shape index (κ2) is 6.99. The number of carbonyl (C=O) groups is 1. The quantitative estimate of drug-likeness (QED) is 0.607. The predicted octanol–water partition coefficient (Wildman–Crippen LogP) is 3.34. The summed E-state index contributed by atoms with van der Waals surface area (Å²) in [5, 5.41) is 13.1. The van der Waals surface area contributed by atoms with Crippen LogP contribution in [0.5, 0.6) is 0 Å². The molecule has 0 aromatic carbocycles. The molecule has 2 aliphatic carbocycles. The molecule has 3 aliphatic rings. The molecule has 0 aromatic rings. The summed E-state index contributed by atoms with van der Waals surface area (Å²) < 4.78 is 5.53. The third-order valence-electron chi connectivity index (χ3n) is 7.07. The van der Waals surface area contributed by atoms with Gasteiger partial charge in [-0.25, -0.2) is 0 Å². The Balaban J connectivity index is 1.84. The summed E-state index contributed by atoms with van der Waals surface area (Å²) >= 11 is 0. The number of carbonyl (C=O) groups excluding carboxylic acids is 1. The van der Waals surface area contributed by atoms with Crippen molar-refractivity contribution in [2.75, 3.05) is 6.61 Å². The Labute approximate surface area is 151 Å². The average Bonchev–Trinajstić information content (AvgIpc) is 2.92. The van der Waals surface area contributed by atoms with Crippen molar-refractivity contribution >= 4 is 6.41 Å². The average molecular weight is 345 g/mol. The van der Waals surface area contributed by atoms with Crippen LogP contribution in [0.25, 0.3) is 0 Å². The molecule has 0 bridgehead atoms. The van der Waals surface area contributed by atoms with E-state index in [1.54, 1.807) is 0 Å². The van der Waals surface area contributed by atoms with Gasteiger partial charge in [-0.15, -0.1) is 0 Å². The highest BCUT2D eigenvalue weighted by Gasteiger charge is 2.49. The highest BCUT2D eigenvalue weighted by atomic mass is 16.5. The second-order valence-corrected chi connectivity index (χ2v) is 8.28. The van der Waals surface area contributed by atoms with Crippen LogP contribution in [-0.4, -0.2) is 30.3 Å². The first-order valence-electron chi connectivity index (χ1n) is 9.45. The number of rotatable bonds is 4. The highest BCUT2D eigenvalue weighted by molar-refractivity contribution is 5.50. The van der Waals surface area contributed by atoms with Crippen LogP contribution < -0.4 is 5.32 Å². The van der Waals surface area contributed by atoms with Gasteiger partial charge in [-0.2, -0.15) is 0 Å². The topological polar surface area (TPSA) is 58.6 Å². The minimum absolute atomic E-state index is 0.0893. The van der Waals surface area contributed by atoms with Crippen molar-refractivity contribution in [2.24, 2.45) is 23.2 Å². The number of nitrogens with one attached hydrogen (secondary N) is 1. The van der Waals surface area contributed by atoms with E-state index in [1.165, 1.54) is 5.57 Å². The maximum atomic E-state index is 10.8. The summed E-state index contributed by atoms with van der Waals surface area (Å²) in [6, 6.07) is -0.0893. The van der Waals surface area contributed by atoms with Crippen molar-refractivity contribution in [3.63, 3.8) is 0 Å². The molecule has 1 amide bonds. The lowest BCUT2D eigenvalue weighted by Gasteiger charge is -2.54. The lowest BCUT2D eigenvalue weighted by Crippen LogP contribution is -2.48. The molecule has 2 fully saturated rings. The van der Waals surface area contributed by atoms with E-state index in [-0.39, 0.29) is 17.6 Å². The van der Waals surface area contributed by atoms with Gasteiger partial charge in [-0.1, -0.05) is 38.2 Å². The predicted molar refractivity (Wildman–Crippen MR) is 98.6 cm³/mol. The van der Waals surface area contributed by atoms with Gasteiger partial charge in [0.2, 0.25) is 6.41 Å². The monoisotopic (exact) mass is 345 g/mol. The van der Waals surface area contributed by atoms with E-state index in [4.69, 9.17) is 4.74 Å². The number of aliphatic hydroxyl groups is 1. The fourth-order valence-corrected chi connectivity index (χ4v) is 5.40. The van der Waals surface area contributed by atoms with Crippen LogP contribution in [0.3, 0.4) is 0 Å². The molecule has 138 valence electrons. The Bertz CT molecular complexity index is 608. The number of allylic oxidation sites excluding steroid dienone is 3. The maximum Gasteiger partial charge on any atom is 0.207 e. The van der Waals surface area contributed by atoms with Crippen LogP contribution >= 0.6 is 0 Å². The number of hydrogen-bond acceptors (Lipinski definition) is 3. The van der Waals surface area contributed by atoms with Crippen molar-refractivity contribution in [1.29, 1.82) is 0 Å². The molecule has 1 saturated heterocycles. The first kappa shape index (κ1) is 18.2. The van der Waals surface area contributed by atoms with E-state index in [2.05, 4.69) is 44.8 Å². The molecule has 6 atom stereocenters. The van der Waals surface area contributed by atoms with Crippen molar-refractivity contribution in [3.05, 3.63) is 35.6 Å². The molecule has 1 aliphatic heterocycles. The Kier molecular flexibility index (Phi) is 5.10. The first-order valence-corrected chi connectivity index (χ1v) is 9.45. The molecule has 0 spiro atoms. The van der Waals surface area contributed by atoms with Gasteiger partial charge < -0.3 is 15.2 Å². The van der Waals surface area contributed by atoms with Crippen LogP contribution in [0.15, 0.2) is 35.6 Å². The molecule has 1 unspecified atom stereocenters. The van der Waals surface area contributed by atoms with Gasteiger partial charge in [0.15, 0.2) is 0 Å². The number of hydrogen-bond donors (Lipinski definition) is 2. The van der Waals surface area contributed by atoms with Gasteiger partial charge >= 0.3 is 0 Å². The van der Waals surface area contributed by atoms with Gasteiger partial charge in [0.25, 0.3) is 0 Å². The Morgan fingerprint density at radius 1 is 1.52 bits per heavy atom. The van der Waals surface area contributed by atoms with Gasteiger partial charge in [-0.05, 0) is 55.8 Å². The molecule has 4 nitrogen and oxygen atoms in total. The Hall–Kier alpha value is -1.55. The van der Waals surface area contributed by atoms with Crippen LogP contribution in [0, 0.1) is 23.2 Å². The molecule has 3 rings (SSSR count). The first-order chi connectivity index (χ1) is 11.9. The molecular weight excluding hydrogens is 314 g/mol. The molecule has 25 heavy (non-hydrogen) atoms. The standard InChI is InChI=1S/C21H31NO3/c1-13-5-7-18-14(2)20(24)9-10-21(18,4)17(13)8-6-16-15(3)25-11-19(16)22-12-23/h5-6,12,14,17-20,24H,3,7-11H2,1-2,4H3,(H,22,23)/b16-6-/t14-,17-,18-,19?,20-,21+/m1/s1. The number of aliphatic hydroxyl groups excluding tert-OH is 1. The molecule has 2 N–H and O–H groups in total. The smallest absolute Gasteiger partial charge is 0.207 e. The van der Waals surface area contributed by atoms with E-state index < -0.39 is 0 Å². The van der Waals surface area contributed by atoms with Crippen molar-refractivity contribution in [1.82, 2.24) is 5.32 Å². The summed E-state index contributed by atoms with van der Waals surface area (Å²) in [5.41, 5.74) is 2.67. The van der Waals surface area contributed by atoms with Crippen LogP contribution in [0.1, 0.15) is 46.5 Å². The van der Waals surface area contributed by atoms with Crippen molar-refractivity contribution in [3.8, 4) is 0 Å². The largest absolute Gasteiger partial charge is 0.491 e. The van der Waals surface area contributed by atoms with Crippen LogP contribution in [-0.2, 0) is 9.53 Å². The zero-order valence-electron chi connectivity index (χ0n) is 15.6. The second-order valence-electron chi connectivity index (χ2n) is 8.28. The number of ether oxygens (including phenoxy) is 1. The third-order valence-corrected chi connectivity index (χ3v) is 7.07. The lowest BCUT2D eigenvalue weighted by molar-refractivity contribution is -0.110. The van der Waals surface area contributed by atoms with Gasteiger partial charge in [0, 0.05) is 5.57 Å². The van der Waals surface area contributed by atoms with Crippen LogP contribution in [0.2, 0.25) is 0 Å².